The number of amides is 1. The molecule has 0 radical (unpaired) electrons. The fraction of sp³-hybridized carbons (Fsp3) is 0.182. The highest BCUT2D eigenvalue weighted by Crippen LogP contribution is 2.29. The number of carbonyl (C=O) groups excluding carboxylic acids is 1. The van der Waals surface area contributed by atoms with Crippen LogP contribution < -0.4 is 5.32 Å². The maximum Gasteiger partial charge on any atom is 0.240 e. The lowest BCUT2D eigenvalue weighted by atomic mass is 10.2. The maximum atomic E-state index is 12.6. The Hall–Kier alpha value is -3.10. The van der Waals surface area contributed by atoms with E-state index in [0.29, 0.717) is 34.1 Å². The van der Waals surface area contributed by atoms with Crippen LogP contribution in [0.15, 0.2) is 70.3 Å². The average Bonchev–Trinajstić information content (AvgIpc) is 3.35. The number of thioether (sulfide) groups is 1. The van der Waals surface area contributed by atoms with E-state index >= 15 is 0 Å². The Morgan fingerprint density at radius 1 is 1.16 bits per heavy atom. The summed E-state index contributed by atoms with van der Waals surface area (Å²) in [6.45, 7) is 4.18. The van der Waals surface area contributed by atoms with E-state index in [2.05, 4.69) is 20.7 Å². The van der Waals surface area contributed by atoms with Crippen LogP contribution in [0, 0.1) is 6.92 Å². The van der Waals surface area contributed by atoms with Gasteiger partial charge in [-0.15, -0.1) is 10.2 Å². The van der Waals surface area contributed by atoms with Crippen LogP contribution in [0.1, 0.15) is 18.2 Å². The third-order valence-electron chi connectivity index (χ3n) is 4.53. The van der Waals surface area contributed by atoms with Crippen LogP contribution in [-0.2, 0) is 11.3 Å². The third-order valence-corrected chi connectivity index (χ3v) is 5.86. The van der Waals surface area contributed by atoms with Gasteiger partial charge < -0.3 is 4.52 Å². The van der Waals surface area contributed by atoms with E-state index in [1.54, 1.807) is 13.0 Å². The summed E-state index contributed by atoms with van der Waals surface area (Å²) >= 11 is 7.37. The first-order chi connectivity index (χ1) is 15.0. The highest BCUT2D eigenvalue weighted by Gasteiger charge is 2.22. The van der Waals surface area contributed by atoms with Crippen molar-refractivity contribution in [2.45, 2.75) is 30.8 Å². The highest BCUT2D eigenvalue weighted by atomic mass is 35.5. The average molecular weight is 454 g/mol. The smallest absolute Gasteiger partial charge is 0.240 e. The van der Waals surface area contributed by atoms with Crippen molar-refractivity contribution in [1.29, 1.82) is 0 Å². The Bertz CT molecular complexity index is 1170. The van der Waals surface area contributed by atoms with Gasteiger partial charge in [0.05, 0.1) is 17.5 Å². The zero-order valence-electron chi connectivity index (χ0n) is 16.9. The van der Waals surface area contributed by atoms with Gasteiger partial charge in [0.15, 0.2) is 11.0 Å². The molecule has 0 fully saturated rings. The van der Waals surface area contributed by atoms with Crippen molar-refractivity contribution in [1.82, 2.24) is 19.9 Å². The van der Waals surface area contributed by atoms with Gasteiger partial charge in [-0.3, -0.25) is 14.7 Å². The molecular weight excluding hydrogens is 434 g/mol. The van der Waals surface area contributed by atoms with Crippen molar-refractivity contribution in [3.8, 4) is 11.4 Å². The largest absolute Gasteiger partial charge is 0.338 e. The van der Waals surface area contributed by atoms with Crippen molar-refractivity contribution in [3.63, 3.8) is 0 Å². The second-order valence-electron chi connectivity index (χ2n) is 6.97. The molecule has 0 aliphatic heterocycles. The van der Waals surface area contributed by atoms with Gasteiger partial charge >= 0.3 is 0 Å². The van der Waals surface area contributed by atoms with E-state index in [4.69, 9.17) is 16.1 Å². The number of anilines is 1. The quantitative estimate of drug-likeness (QED) is 0.393. The number of rotatable bonds is 7. The van der Waals surface area contributed by atoms with Crippen molar-refractivity contribution in [3.05, 3.63) is 76.9 Å². The molecule has 4 aromatic rings. The second-order valence-corrected chi connectivity index (χ2v) is 8.71. The second kappa shape index (κ2) is 9.36. The molecule has 0 saturated heterocycles. The Morgan fingerprint density at radius 2 is 1.90 bits per heavy atom. The van der Waals surface area contributed by atoms with Crippen molar-refractivity contribution in [2.24, 2.45) is 0 Å². The molecule has 0 aliphatic carbocycles. The number of hydrogen-bond acceptors (Lipinski definition) is 6. The summed E-state index contributed by atoms with van der Waals surface area (Å²) in [7, 11) is 0. The first-order valence-corrected chi connectivity index (χ1v) is 10.9. The number of aryl methyl sites for hydroxylation is 1. The summed E-state index contributed by atoms with van der Waals surface area (Å²) < 4.78 is 7.08. The number of nitrogens with one attached hydrogen (secondary N) is 1. The van der Waals surface area contributed by atoms with Crippen LogP contribution in [0.4, 0.5) is 5.88 Å². The molecule has 0 bridgehead atoms. The molecule has 1 atom stereocenters. The summed E-state index contributed by atoms with van der Waals surface area (Å²) in [4.78, 5) is 12.6. The van der Waals surface area contributed by atoms with Gasteiger partial charge in [0.1, 0.15) is 0 Å². The Labute approximate surface area is 188 Å². The number of nitrogens with zero attached hydrogens (tertiary/aromatic N) is 4. The molecule has 2 heterocycles. The van der Waals surface area contributed by atoms with Crippen LogP contribution in [0.5, 0.6) is 0 Å². The molecule has 0 aliphatic rings. The Morgan fingerprint density at radius 3 is 2.58 bits per heavy atom. The van der Waals surface area contributed by atoms with Crippen LogP contribution >= 0.6 is 23.4 Å². The molecular formula is C22H20ClN5O2S. The van der Waals surface area contributed by atoms with Crippen LogP contribution in [0.25, 0.3) is 11.4 Å². The highest BCUT2D eigenvalue weighted by molar-refractivity contribution is 8.00. The number of carbonyl (C=O) groups is 1. The third kappa shape index (κ3) is 5.15. The fourth-order valence-electron chi connectivity index (χ4n) is 2.95. The van der Waals surface area contributed by atoms with Gasteiger partial charge in [-0.25, -0.2) is 0 Å². The summed E-state index contributed by atoms with van der Waals surface area (Å²) in [6, 6.07) is 19.2. The molecule has 1 unspecified atom stereocenters. The van der Waals surface area contributed by atoms with E-state index in [9.17, 15) is 4.79 Å². The normalized spacial score (nSPS) is 12.0. The van der Waals surface area contributed by atoms with Crippen molar-refractivity contribution in [2.75, 3.05) is 5.32 Å². The summed E-state index contributed by atoms with van der Waals surface area (Å²) in [6.07, 6.45) is 0. The zero-order valence-corrected chi connectivity index (χ0v) is 18.5. The van der Waals surface area contributed by atoms with E-state index < -0.39 is 5.25 Å². The number of benzene rings is 2. The fourth-order valence-corrected chi connectivity index (χ4v) is 3.93. The number of halogens is 1. The summed E-state index contributed by atoms with van der Waals surface area (Å²) in [5, 5.41) is 16.2. The molecule has 0 spiro atoms. The van der Waals surface area contributed by atoms with Crippen molar-refractivity contribution < 1.29 is 9.32 Å². The number of aromatic nitrogens is 4. The van der Waals surface area contributed by atoms with Crippen molar-refractivity contribution >= 4 is 35.2 Å². The Balaban J connectivity index is 1.60. The van der Waals surface area contributed by atoms with Crippen LogP contribution in [0.2, 0.25) is 5.02 Å². The topological polar surface area (TPSA) is 85.8 Å². The SMILES string of the molecule is Cc1cc(NC(=O)C(C)Sc2nnc(-c3ccc(Cl)cc3)n2Cc2ccccc2)on1. The first kappa shape index (κ1) is 21.1. The molecule has 2 aromatic carbocycles. The standard InChI is InChI=1S/C22H20ClN5O2S/c1-14-12-19(30-27-14)24-21(29)15(2)31-22-26-25-20(17-8-10-18(23)11-9-17)28(22)13-16-6-4-3-5-7-16/h3-12,15H,13H2,1-2H3,(H,24,29). The predicted octanol–water partition coefficient (Wildman–Crippen LogP) is 5.06. The zero-order chi connectivity index (χ0) is 21.8. The van der Waals surface area contributed by atoms with E-state index in [1.165, 1.54) is 11.8 Å². The molecule has 1 amide bonds. The number of hydrogen-bond donors (Lipinski definition) is 1. The minimum Gasteiger partial charge on any atom is -0.338 e. The minimum atomic E-state index is -0.429. The van der Waals surface area contributed by atoms with Crippen LogP contribution in [0.3, 0.4) is 0 Å². The maximum absolute atomic E-state index is 12.6. The molecule has 1 N–H and O–H groups in total. The van der Waals surface area contributed by atoms with E-state index in [1.807, 2.05) is 66.1 Å². The van der Waals surface area contributed by atoms with Gasteiger partial charge in [0, 0.05) is 16.7 Å². The van der Waals surface area contributed by atoms with Gasteiger partial charge in [-0.1, -0.05) is 58.9 Å². The summed E-state index contributed by atoms with van der Waals surface area (Å²) in [5.41, 5.74) is 2.70. The van der Waals surface area contributed by atoms with E-state index in [0.717, 1.165) is 11.1 Å². The van der Waals surface area contributed by atoms with E-state index in [-0.39, 0.29) is 5.91 Å². The molecule has 0 saturated carbocycles. The molecule has 9 heteroatoms. The molecule has 31 heavy (non-hydrogen) atoms. The molecule has 158 valence electrons. The lowest BCUT2D eigenvalue weighted by Gasteiger charge is -2.13. The molecule has 7 nitrogen and oxygen atoms in total. The lowest BCUT2D eigenvalue weighted by molar-refractivity contribution is -0.115. The monoisotopic (exact) mass is 453 g/mol. The van der Waals surface area contributed by atoms with Crippen LogP contribution in [-0.4, -0.2) is 31.1 Å². The van der Waals surface area contributed by atoms with Gasteiger partial charge in [-0.05, 0) is 43.7 Å². The summed E-state index contributed by atoms with van der Waals surface area (Å²) in [5.74, 6) is 0.826. The lowest BCUT2D eigenvalue weighted by Crippen LogP contribution is -2.22. The molecule has 2 aromatic heterocycles. The predicted molar refractivity (Wildman–Crippen MR) is 121 cm³/mol. The molecule has 4 rings (SSSR count). The first-order valence-electron chi connectivity index (χ1n) is 9.63. The van der Waals surface area contributed by atoms with Gasteiger partial charge in [0.25, 0.3) is 0 Å². The van der Waals surface area contributed by atoms with Gasteiger partial charge in [0.2, 0.25) is 11.8 Å². The van der Waals surface area contributed by atoms with Gasteiger partial charge in [-0.2, -0.15) is 0 Å². The Kier molecular flexibility index (Phi) is 6.39. The minimum absolute atomic E-state index is 0.205.